The molecule has 1 amide bonds. The zero-order chi connectivity index (χ0) is 14.5. The molecule has 0 heterocycles. The molecule has 2 N–H and O–H groups in total. The molecule has 0 atom stereocenters. The van der Waals surface area contributed by atoms with E-state index < -0.39 is 0 Å². The van der Waals surface area contributed by atoms with Crippen LogP contribution >= 0.6 is 0 Å². The second-order valence-electron chi connectivity index (χ2n) is 6.12. The Morgan fingerprint density at radius 2 is 1.95 bits per heavy atom. The van der Waals surface area contributed by atoms with Crippen molar-refractivity contribution in [2.45, 2.75) is 39.5 Å². The lowest BCUT2D eigenvalue weighted by Crippen LogP contribution is -2.21. The molecular formula is C17H26N2O. The summed E-state index contributed by atoms with van der Waals surface area (Å²) in [6, 6.07) is 5.84. The van der Waals surface area contributed by atoms with Crippen LogP contribution in [-0.2, 0) is 0 Å². The number of benzene rings is 1. The van der Waals surface area contributed by atoms with Gasteiger partial charge in [-0.05, 0) is 49.3 Å². The summed E-state index contributed by atoms with van der Waals surface area (Å²) >= 11 is 0. The van der Waals surface area contributed by atoms with Gasteiger partial charge in [-0.3, -0.25) is 4.79 Å². The summed E-state index contributed by atoms with van der Waals surface area (Å²) in [5, 5.41) is 6.21. The minimum Gasteiger partial charge on any atom is -0.385 e. The lowest BCUT2D eigenvalue weighted by molar-refractivity contribution is 0.0963. The topological polar surface area (TPSA) is 41.1 Å². The highest BCUT2D eigenvalue weighted by Crippen LogP contribution is 2.28. The van der Waals surface area contributed by atoms with E-state index in [4.69, 9.17) is 0 Å². The summed E-state index contributed by atoms with van der Waals surface area (Å²) in [7, 11) is 1.67. The molecule has 1 aromatic rings. The van der Waals surface area contributed by atoms with Gasteiger partial charge in [0.25, 0.3) is 5.91 Å². The number of hydrogen-bond donors (Lipinski definition) is 2. The largest absolute Gasteiger partial charge is 0.385 e. The Kier molecular flexibility index (Phi) is 5.05. The summed E-state index contributed by atoms with van der Waals surface area (Å²) in [4.78, 5) is 11.7. The Balaban J connectivity index is 1.96. The molecule has 0 spiro atoms. The molecule has 0 radical (unpaired) electrons. The van der Waals surface area contributed by atoms with E-state index in [1.807, 2.05) is 18.2 Å². The highest BCUT2D eigenvalue weighted by Gasteiger charge is 2.18. The monoisotopic (exact) mass is 274 g/mol. The number of amides is 1. The maximum absolute atomic E-state index is 11.7. The molecule has 1 fully saturated rings. The van der Waals surface area contributed by atoms with E-state index in [0.717, 1.165) is 29.6 Å². The van der Waals surface area contributed by atoms with Crippen LogP contribution < -0.4 is 10.6 Å². The van der Waals surface area contributed by atoms with Gasteiger partial charge in [0.1, 0.15) is 0 Å². The predicted molar refractivity (Wildman–Crippen MR) is 84.2 cm³/mol. The Bertz CT molecular complexity index is 462. The standard InChI is InChI=1S/C17H26N2O/c1-12-4-7-14(8-5-12)11-19-16-10-15(17(20)18-3)9-6-13(16)2/h6,9-10,12,14,19H,4-5,7-8,11H2,1-3H3,(H,18,20). The van der Waals surface area contributed by atoms with E-state index in [0.29, 0.717) is 0 Å². The first kappa shape index (κ1) is 14.9. The molecule has 3 nitrogen and oxygen atoms in total. The van der Waals surface area contributed by atoms with Crippen molar-refractivity contribution in [2.24, 2.45) is 11.8 Å². The Morgan fingerprint density at radius 3 is 2.60 bits per heavy atom. The first-order chi connectivity index (χ1) is 9.60. The summed E-state index contributed by atoms with van der Waals surface area (Å²) in [5.41, 5.74) is 3.00. The molecule has 0 unspecified atom stereocenters. The van der Waals surface area contributed by atoms with Crippen LogP contribution in [0.15, 0.2) is 18.2 Å². The van der Waals surface area contributed by atoms with Gasteiger partial charge in [-0.15, -0.1) is 0 Å². The molecule has 1 aromatic carbocycles. The molecule has 110 valence electrons. The normalized spacial score (nSPS) is 22.4. The molecule has 0 aromatic heterocycles. The zero-order valence-corrected chi connectivity index (χ0v) is 12.8. The average molecular weight is 274 g/mol. The van der Waals surface area contributed by atoms with Gasteiger partial charge in [0.15, 0.2) is 0 Å². The van der Waals surface area contributed by atoms with E-state index in [1.165, 1.54) is 31.2 Å². The van der Waals surface area contributed by atoms with Crippen molar-refractivity contribution in [2.75, 3.05) is 18.9 Å². The number of carbonyl (C=O) groups is 1. The molecule has 0 saturated heterocycles. The van der Waals surface area contributed by atoms with Crippen molar-refractivity contribution in [3.8, 4) is 0 Å². The fourth-order valence-corrected chi connectivity index (χ4v) is 2.89. The number of aryl methyl sites for hydroxylation is 1. The molecular weight excluding hydrogens is 248 g/mol. The Hall–Kier alpha value is -1.51. The van der Waals surface area contributed by atoms with E-state index in [-0.39, 0.29) is 5.91 Å². The van der Waals surface area contributed by atoms with Crippen molar-refractivity contribution >= 4 is 11.6 Å². The van der Waals surface area contributed by atoms with Gasteiger partial charge in [-0.25, -0.2) is 0 Å². The number of anilines is 1. The number of nitrogens with one attached hydrogen (secondary N) is 2. The van der Waals surface area contributed by atoms with Crippen LogP contribution in [0.4, 0.5) is 5.69 Å². The van der Waals surface area contributed by atoms with Gasteiger partial charge in [0.05, 0.1) is 0 Å². The van der Waals surface area contributed by atoms with Crippen molar-refractivity contribution in [3.63, 3.8) is 0 Å². The average Bonchev–Trinajstić information content (AvgIpc) is 2.47. The summed E-state index contributed by atoms with van der Waals surface area (Å²) in [6.07, 6.45) is 5.35. The van der Waals surface area contributed by atoms with Crippen molar-refractivity contribution in [3.05, 3.63) is 29.3 Å². The van der Waals surface area contributed by atoms with Gasteiger partial charge in [-0.1, -0.05) is 25.8 Å². The second kappa shape index (κ2) is 6.78. The molecule has 20 heavy (non-hydrogen) atoms. The van der Waals surface area contributed by atoms with Crippen LogP contribution in [0.3, 0.4) is 0 Å². The van der Waals surface area contributed by atoms with E-state index in [9.17, 15) is 4.79 Å². The molecule has 1 aliphatic carbocycles. The van der Waals surface area contributed by atoms with Crippen LogP contribution in [-0.4, -0.2) is 19.5 Å². The minimum atomic E-state index is -0.0282. The maximum Gasteiger partial charge on any atom is 0.251 e. The lowest BCUT2D eigenvalue weighted by atomic mass is 9.83. The third-order valence-corrected chi connectivity index (χ3v) is 4.44. The van der Waals surface area contributed by atoms with Crippen LogP contribution in [0.2, 0.25) is 0 Å². The van der Waals surface area contributed by atoms with E-state index in [1.54, 1.807) is 7.05 Å². The van der Waals surface area contributed by atoms with Gasteiger partial charge in [0.2, 0.25) is 0 Å². The first-order valence-electron chi connectivity index (χ1n) is 7.66. The van der Waals surface area contributed by atoms with Crippen LogP contribution in [0.1, 0.15) is 48.5 Å². The van der Waals surface area contributed by atoms with Crippen molar-refractivity contribution in [1.29, 1.82) is 0 Å². The van der Waals surface area contributed by atoms with Crippen molar-refractivity contribution < 1.29 is 4.79 Å². The summed E-state index contributed by atoms with van der Waals surface area (Å²) in [5.74, 6) is 1.64. The van der Waals surface area contributed by atoms with Gasteiger partial charge >= 0.3 is 0 Å². The van der Waals surface area contributed by atoms with Crippen LogP contribution in [0.25, 0.3) is 0 Å². The smallest absolute Gasteiger partial charge is 0.251 e. The SMILES string of the molecule is CNC(=O)c1ccc(C)c(NCC2CCC(C)CC2)c1. The fourth-order valence-electron chi connectivity index (χ4n) is 2.89. The van der Waals surface area contributed by atoms with Gasteiger partial charge in [0, 0.05) is 24.8 Å². The number of carbonyl (C=O) groups excluding carboxylic acids is 1. The highest BCUT2D eigenvalue weighted by atomic mass is 16.1. The second-order valence-corrected chi connectivity index (χ2v) is 6.12. The van der Waals surface area contributed by atoms with Gasteiger partial charge < -0.3 is 10.6 Å². The zero-order valence-electron chi connectivity index (χ0n) is 12.8. The highest BCUT2D eigenvalue weighted by molar-refractivity contribution is 5.95. The third-order valence-electron chi connectivity index (χ3n) is 4.44. The Morgan fingerprint density at radius 1 is 1.25 bits per heavy atom. The number of rotatable bonds is 4. The predicted octanol–water partition coefficient (Wildman–Crippen LogP) is 3.59. The van der Waals surface area contributed by atoms with E-state index >= 15 is 0 Å². The quantitative estimate of drug-likeness (QED) is 0.881. The number of hydrogen-bond acceptors (Lipinski definition) is 2. The summed E-state index contributed by atoms with van der Waals surface area (Å²) in [6.45, 7) is 5.45. The van der Waals surface area contributed by atoms with Crippen LogP contribution in [0.5, 0.6) is 0 Å². The molecule has 1 aliphatic rings. The molecule has 0 aliphatic heterocycles. The third kappa shape index (κ3) is 3.75. The first-order valence-corrected chi connectivity index (χ1v) is 7.66. The Labute approximate surface area is 122 Å². The van der Waals surface area contributed by atoms with Gasteiger partial charge in [-0.2, -0.15) is 0 Å². The van der Waals surface area contributed by atoms with Crippen LogP contribution in [0, 0.1) is 18.8 Å². The molecule has 1 saturated carbocycles. The van der Waals surface area contributed by atoms with E-state index in [2.05, 4.69) is 24.5 Å². The lowest BCUT2D eigenvalue weighted by Gasteiger charge is -2.27. The van der Waals surface area contributed by atoms with Crippen molar-refractivity contribution in [1.82, 2.24) is 5.32 Å². The maximum atomic E-state index is 11.7. The molecule has 2 rings (SSSR count). The molecule has 0 bridgehead atoms. The minimum absolute atomic E-state index is 0.0282. The molecule has 3 heteroatoms. The summed E-state index contributed by atoms with van der Waals surface area (Å²) < 4.78 is 0. The fraction of sp³-hybridized carbons (Fsp3) is 0.588.